The third-order valence-electron chi connectivity index (χ3n) is 2.97. The number of alkyl halides is 1. The molecule has 18 heavy (non-hydrogen) atoms. The predicted octanol–water partition coefficient (Wildman–Crippen LogP) is 2.69. The van der Waals surface area contributed by atoms with Gasteiger partial charge >= 0.3 is 0 Å². The van der Waals surface area contributed by atoms with Crippen molar-refractivity contribution in [3.8, 4) is 11.5 Å². The van der Waals surface area contributed by atoms with Gasteiger partial charge in [-0.3, -0.25) is 4.39 Å². The Morgan fingerprint density at radius 3 is 2.89 bits per heavy atom. The largest absolute Gasteiger partial charge is 0.497 e. The van der Waals surface area contributed by atoms with Crippen molar-refractivity contribution in [1.29, 1.82) is 0 Å². The summed E-state index contributed by atoms with van der Waals surface area (Å²) in [5, 5.41) is 3.45. The first kappa shape index (κ1) is 13.1. The van der Waals surface area contributed by atoms with Crippen LogP contribution in [0.1, 0.15) is 24.8 Å². The summed E-state index contributed by atoms with van der Waals surface area (Å²) in [5.74, 6) is 1.55. The minimum Gasteiger partial charge on any atom is -0.497 e. The second kappa shape index (κ2) is 6.59. The van der Waals surface area contributed by atoms with Gasteiger partial charge in [0.05, 0.1) is 20.4 Å². The number of hydrogen-bond donors (Lipinski definition) is 1. The van der Waals surface area contributed by atoms with Crippen LogP contribution >= 0.6 is 0 Å². The topological polar surface area (TPSA) is 30.5 Å². The van der Waals surface area contributed by atoms with Crippen molar-refractivity contribution in [2.75, 3.05) is 20.4 Å². The normalized spacial score (nSPS) is 14.6. The summed E-state index contributed by atoms with van der Waals surface area (Å²) in [7, 11) is 1.63. The van der Waals surface area contributed by atoms with Crippen LogP contribution in [0, 0.1) is 0 Å². The molecule has 1 saturated carbocycles. The second-order valence-electron chi connectivity index (χ2n) is 4.52. The summed E-state index contributed by atoms with van der Waals surface area (Å²) in [5.41, 5.74) is 1.10. The fraction of sp³-hybridized carbons (Fsp3) is 0.571. The predicted molar refractivity (Wildman–Crippen MR) is 68.9 cm³/mol. The molecule has 1 fully saturated rings. The molecule has 0 saturated heterocycles. The van der Waals surface area contributed by atoms with Crippen molar-refractivity contribution in [2.45, 2.75) is 31.8 Å². The van der Waals surface area contributed by atoms with E-state index in [1.807, 2.05) is 18.2 Å². The third-order valence-corrected chi connectivity index (χ3v) is 2.97. The quantitative estimate of drug-likeness (QED) is 0.723. The standard InChI is InChI=1S/C14H20FNO2/c1-17-13-6-3-11(10-16-12-4-5-12)14(9-13)18-8-2-7-15/h3,6,9,12,16H,2,4-5,7-8,10H2,1H3. The molecule has 1 aromatic carbocycles. The molecule has 0 heterocycles. The maximum absolute atomic E-state index is 12.1. The maximum atomic E-state index is 12.1. The Morgan fingerprint density at radius 1 is 1.39 bits per heavy atom. The van der Waals surface area contributed by atoms with Crippen LogP contribution in [0.5, 0.6) is 11.5 Å². The van der Waals surface area contributed by atoms with Crippen LogP contribution in [0.4, 0.5) is 4.39 Å². The van der Waals surface area contributed by atoms with Crippen LogP contribution in [0.2, 0.25) is 0 Å². The SMILES string of the molecule is COc1ccc(CNC2CC2)c(OCCCF)c1. The average molecular weight is 253 g/mol. The first-order valence-electron chi connectivity index (χ1n) is 6.42. The van der Waals surface area contributed by atoms with E-state index < -0.39 is 0 Å². The molecule has 0 amide bonds. The van der Waals surface area contributed by atoms with Crippen molar-refractivity contribution in [3.63, 3.8) is 0 Å². The van der Waals surface area contributed by atoms with Gasteiger partial charge in [-0.15, -0.1) is 0 Å². The molecule has 0 spiro atoms. The van der Waals surface area contributed by atoms with Crippen LogP contribution < -0.4 is 14.8 Å². The van der Waals surface area contributed by atoms with Gasteiger partial charge in [-0.25, -0.2) is 0 Å². The Bertz CT molecular complexity index is 380. The number of nitrogens with one attached hydrogen (secondary N) is 1. The third kappa shape index (κ3) is 3.88. The molecule has 1 N–H and O–H groups in total. The lowest BCUT2D eigenvalue weighted by atomic mass is 10.2. The number of halogens is 1. The summed E-state index contributed by atoms with van der Waals surface area (Å²) in [4.78, 5) is 0. The van der Waals surface area contributed by atoms with Crippen LogP contribution in [-0.2, 0) is 6.54 Å². The van der Waals surface area contributed by atoms with Crippen molar-refractivity contribution >= 4 is 0 Å². The molecule has 4 heteroatoms. The van der Waals surface area contributed by atoms with Crippen molar-refractivity contribution in [3.05, 3.63) is 23.8 Å². The summed E-state index contributed by atoms with van der Waals surface area (Å²) >= 11 is 0. The van der Waals surface area contributed by atoms with Gasteiger partial charge in [0, 0.05) is 30.6 Å². The van der Waals surface area contributed by atoms with E-state index in [1.165, 1.54) is 12.8 Å². The highest BCUT2D eigenvalue weighted by Crippen LogP contribution is 2.26. The lowest BCUT2D eigenvalue weighted by Gasteiger charge is -2.13. The fourth-order valence-electron chi connectivity index (χ4n) is 1.72. The number of hydrogen-bond acceptors (Lipinski definition) is 3. The molecule has 0 radical (unpaired) electrons. The van der Waals surface area contributed by atoms with Gasteiger partial charge in [-0.2, -0.15) is 0 Å². The van der Waals surface area contributed by atoms with Gasteiger partial charge < -0.3 is 14.8 Å². The van der Waals surface area contributed by atoms with Crippen LogP contribution in [0.3, 0.4) is 0 Å². The molecular formula is C14H20FNO2. The fourth-order valence-corrected chi connectivity index (χ4v) is 1.72. The van der Waals surface area contributed by atoms with E-state index in [4.69, 9.17) is 9.47 Å². The van der Waals surface area contributed by atoms with E-state index >= 15 is 0 Å². The number of rotatable bonds is 8. The van der Waals surface area contributed by atoms with Crippen LogP contribution in [0.25, 0.3) is 0 Å². The molecule has 1 aliphatic carbocycles. The minimum absolute atomic E-state index is 0.348. The highest BCUT2D eigenvalue weighted by molar-refractivity contribution is 5.40. The van der Waals surface area contributed by atoms with Gasteiger partial charge in [-0.05, 0) is 18.9 Å². The molecule has 2 rings (SSSR count). The number of methoxy groups -OCH3 is 1. The van der Waals surface area contributed by atoms with Gasteiger partial charge in [0.15, 0.2) is 0 Å². The summed E-state index contributed by atoms with van der Waals surface area (Å²) < 4.78 is 22.9. The Morgan fingerprint density at radius 2 is 2.22 bits per heavy atom. The molecule has 1 aliphatic rings. The van der Waals surface area contributed by atoms with Gasteiger partial charge in [0.1, 0.15) is 11.5 Å². The molecular weight excluding hydrogens is 233 g/mol. The lowest BCUT2D eigenvalue weighted by Crippen LogP contribution is -2.16. The lowest BCUT2D eigenvalue weighted by molar-refractivity contribution is 0.285. The van der Waals surface area contributed by atoms with Crippen LogP contribution in [0.15, 0.2) is 18.2 Å². The molecule has 1 aromatic rings. The second-order valence-corrected chi connectivity index (χ2v) is 4.52. The molecule has 0 unspecified atom stereocenters. The summed E-state index contributed by atoms with van der Waals surface area (Å²) in [6.07, 6.45) is 2.94. The zero-order valence-corrected chi connectivity index (χ0v) is 10.7. The number of benzene rings is 1. The smallest absolute Gasteiger partial charge is 0.127 e. The average Bonchev–Trinajstić information content (AvgIpc) is 3.21. The molecule has 0 atom stereocenters. The zero-order chi connectivity index (χ0) is 12.8. The van der Waals surface area contributed by atoms with E-state index in [2.05, 4.69) is 5.32 Å². The Kier molecular flexibility index (Phi) is 4.81. The van der Waals surface area contributed by atoms with Gasteiger partial charge in [-0.1, -0.05) is 6.07 Å². The monoisotopic (exact) mass is 253 g/mol. The molecule has 3 nitrogen and oxygen atoms in total. The van der Waals surface area contributed by atoms with Gasteiger partial charge in [0.25, 0.3) is 0 Å². The summed E-state index contributed by atoms with van der Waals surface area (Å²) in [6, 6.07) is 6.44. The first-order valence-corrected chi connectivity index (χ1v) is 6.42. The van der Waals surface area contributed by atoms with E-state index in [-0.39, 0.29) is 6.67 Å². The highest BCUT2D eigenvalue weighted by Gasteiger charge is 2.20. The maximum Gasteiger partial charge on any atom is 0.127 e. The summed E-state index contributed by atoms with van der Waals surface area (Å²) in [6.45, 7) is 0.847. The molecule has 0 aliphatic heterocycles. The van der Waals surface area contributed by atoms with E-state index in [1.54, 1.807) is 7.11 Å². The van der Waals surface area contributed by atoms with Crippen molar-refractivity contribution in [2.24, 2.45) is 0 Å². The Labute approximate surface area is 107 Å². The Balaban J connectivity index is 1.99. The number of ether oxygens (including phenoxy) is 2. The highest BCUT2D eigenvalue weighted by atomic mass is 19.1. The molecule has 0 bridgehead atoms. The minimum atomic E-state index is -0.348. The van der Waals surface area contributed by atoms with Crippen molar-refractivity contribution < 1.29 is 13.9 Å². The van der Waals surface area contributed by atoms with E-state index in [0.717, 1.165) is 23.6 Å². The Hall–Kier alpha value is -1.29. The molecule has 100 valence electrons. The van der Waals surface area contributed by atoms with Crippen molar-refractivity contribution in [1.82, 2.24) is 5.32 Å². The van der Waals surface area contributed by atoms with E-state index in [0.29, 0.717) is 19.1 Å². The first-order chi connectivity index (χ1) is 8.83. The van der Waals surface area contributed by atoms with E-state index in [9.17, 15) is 4.39 Å². The van der Waals surface area contributed by atoms with Crippen LogP contribution in [-0.4, -0.2) is 26.4 Å². The van der Waals surface area contributed by atoms with Gasteiger partial charge in [0.2, 0.25) is 0 Å². The molecule has 0 aromatic heterocycles. The zero-order valence-electron chi connectivity index (χ0n) is 10.7.